The Morgan fingerprint density at radius 3 is 2.25 bits per heavy atom. The van der Waals surface area contributed by atoms with Crippen LogP contribution in [0.3, 0.4) is 0 Å². The summed E-state index contributed by atoms with van der Waals surface area (Å²) < 4.78 is 5.52. The van der Waals surface area contributed by atoms with Gasteiger partial charge in [0.15, 0.2) is 0 Å². The van der Waals surface area contributed by atoms with Crippen molar-refractivity contribution in [2.45, 2.75) is 57.1 Å². The Kier molecular flexibility index (Phi) is 5.28. The van der Waals surface area contributed by atoms with E-state index in [0.29, 0.717) is 16.9 Å². The van der Waals surface area contributed by atoms with Gasteiger partial charge in [-0.25, -0.2) is 0 Å². The Labute approximate surface area is 188 Å². The highest BCUT2D eigenvalue weighted by molar-refractivity contribution is 5.97. The van der Waals surface area contributed by atoms with Crippen molar-refractivity contribution in [3.05, 3.63) is 52.6 Å². The summed E-state index contributed by atoms with van der Waals surface area (Å²) in [5.41, 5.74) is 2.98. The van der Waals surface area contributed by atoms with Gasteiger partial charge in [0.2, 0.25) is 0 Å². The Morgan fingerprint density at radius 1 is 1.03 bits per heavy atom. The zero-order valence-electron chi connectivity index (χ0n) is 18.4. The highest BCUT2D eigenvalue weighted by Crippen LogP contribution is 2.61. The third kappa shape index (κ3) is 3.60. The van der Waals surface area contributed by atoms with Gasteiger partial charge in [0.05, 0.1) is 19.3 Å². The number of aromatic hydroxyl groups is 2. The quantitative estimate of drug-likeness (QED) is 0.548. The van der Waals surface area contributed by atoms with Crippen LogP contribution in [0.5, 0.6) is 17.2 Å². The number of carbonyl (C=O) groups is 1. The molecule has 32 heavy (non-hydrogen) atoms. The molecule has 0 heterocycles. The van der Waals surface area contributed by atoms with Crippen LogP contribution in [-0.2, 0) is 18.6 Å². The number of nitrogens with one attached hydrogen (secondary N) is 1. The summed E-state index contributed by atoms with van der Waals surface area (Å²) in [6.07, 6.45) is 7.40. The molecular weight excluding hydrogens is 406 g/mol. The first kappa shape index (κ1) is 21.1. The molecule has 4 saturated carbocycles. The molecule has 4 fully saturated rings. The Bertz CT molecular complexity index is 1010. The number of amides is 1. The van der Waals surface area contributed by atoms with Crippen LogP contribution in [0.15, 0.2) is 30.3 Å². The summed E-state index contributed by atoms with van der Waals surface area (Å²) in [5, 5.41) is 32.5. The molecule has 6 rings (SSSR count). The maximum absolute atomic E-state index is 13.2. The van der Waals surface area contributed by atoms with E-state index in [-0.39, 0.29) is 36.0 Å². The molecule has 1 amide bonds. The van der Waals surface area contributed by atoms with Gasteiger partial charge < -0.3 is 25.4 Å². The second kappa shape index (κ2) is 8.00. The lowest BCUT2D eigenvalue weighted by Gasteiger charge is -2.57. The number of aliphatic hydroxyl groups is 1. The minimum atomic E-state index is -0.287. The van der Waals surface area contributed by atoms with Crippen LogP contribution >= 0.6 is 0 Å². The van der Waals surface area contributed by atoms with E-state index >= 15 is 0 Å². The van der Waals surface area contributed by atoms with E-state index in [1.165, 1.54) is 38.5 Å². The number of benzene rings is 2. The van der Waals surface area contributed by atoms with Crippen molar-refractivity contribution in [2.24, 2.45) is 17.8 Å². The number of ether oxygens (including phenoxy) is 1. The van der Waals surface area contributed by atoms with Crippen LogP contribution in [0, 0.1) is 17.8 Å². The summed E-state index contributed by atoms with van der Waals surface area (Å²) >= 11 is 0. The number of rotatable bonds is 6. The fraction of sp³-hybridized carbons (Fsp3) is 0.500. The topological polar surface area (TPSA) is 99.0 Å². The smallest absolute Gasteiger partial charge is 0.255 e. The van der Waals surface area contributed by atoms with Crippen LogP contribution in [0.25, 0.3) is 0 Å². The summed E-state index contributed by atoms with van der Waals surface area (Å²) in [6.45, 7) is 0.0548. The number of phenols is 2. The van der Waals surface area contributed by atoms with E-state index in [1.54, 1.807) is 6.07 Å². The first-order chi connectivity index (χ1) is 15.4. The first-order valence-corrected chi connectivity index (χ1v) is 11.5. The van der Waals surface area contributed by atoms with Crippen LogP contribution in [-0.4, -0.2) is 28.3 Å². The van der Waals surface area contributed by atoms with Gasteiger partial charge in [-0.2, -0.15) is 0 Å². The molecule has 0 aliphatic heterocycles. The van der Waals surface area contributed by atoms with Gasteiger partial charge in [-0.1, -0.05) is 0 Å². The zero-order chi connectivity index (χ0) is 22.5. The summed E-state index contributed by atoms with van der Waals surface area (Å²) in [7, 11) is 1.53. The zero-order valence-corrected chi connectivity index (χ0v) is 18.4. The molecule has 4 aliphatic rings. The van der Waals surface area contributed by atoms with E-state index in [9.17, 15) is 20.1 Å². The van der Waals surface area contributed by atoms with Crippen LogP contribution in [0.1, 0.15) is 65.6 Å². The maximum atomic E-state index is 13.2. The monoisotopic (exact) mass is 437 g/mol. The molecule has 6 heteroatoms. The van der Waals surface area contributed by atoms with E-state index in [2.05, 4.69) is 5.32 Å². The molecule has 2 aromatic carbocycles. The van der Waals surface area contributed by atoms with E-state index < -0.39 is 0 Å². The number of hydrogen-bond donors (Lipinski definition) is 4. The predicted molar refractivity (Wildman–Crippen MR) is 120 cm³/mol. The molecular formula is C26H31NO5. The first-order valence-electron chi connectivity index (χ1n) is 11.5. The average molecular weight is 438 g/mol. The third-order valence-corrected chi connectivity index (χ3v) is 7.96. The van der Waals surface area contributed by atoms with Crippen LogP contribution in [0.4, 0.5) is 0 Å². The van der Waals surface area contributed by atoms with Crippen molar-refractivity contribution < 1.29 is 24.9 Å². The van der Waals surface area contributed by atoms with E-state index in [4.69, 9.17) is 4.74 Å². The number of carbonyl (C=O) groups excluding carboxylic acids is 1. The van der Waals surface area contributed by atoms with Crippen molar-refractivity contribution in [1.29, 1.82) is 0 Å². The summed E-state index contributed by atoms with van der Waals surface area (Å²) in [6, 6.07) is 8.08. The summed E-state index contributed by atoms with van der Waals surface area (Å²) in [4.78, 5) is 13.2. The van der Waals surface area contributed by atoms with Gasteiger partial charge in [-0.05, 0) is 97.1 Å². The molecule has 0 aromatic heterocycles. The molecule has 4 N–H and O–H groups in total. The molecule has 170 valence electrons. The Hall–Kier alpha value is -2.73. The Balaban J connectivity index is 1.46. The number of aliphatic hydroxyl groups excluding tert-OH is 1. The minimum absolute atomic E-state index is 0.0287. The normalized spacial score (nSPS) is 28.0. The highest BCUT2D eigenvalue weighted by atomic mass is 16.5. The van der Waals surface area contributed by atoms with Crippen molar-refractivity contribution in [2.75, 3.05) is 7.11 Å². The Morgan fingerprint density at radius 2 is 1.69 bits per heavy atom. The van der Waals surface area contributed by atoms with Gasteiger partial charge in [0.1, 0.15) is 17.2 Å². The molecule has 2 aromatic rings. The van der Waals surface area contributed by atoms with E-state index in [0.717, 1.165) is 48.1 Å². The lowest BCUT2D eigenvalue weighted by Crippen LogP contribution is -2.49. The molecule has 0 radical (unpaired) electrons. The molecule has 6 nitrogen and oxygen atoms in total. The number of hydrogen-bond acceptors (Lipinski definition) is 5. The second-order valence-corrected chi connectivity index (χ2v) is 10.1. The molecule has 4 aliphatic carbocycles. The van der Waals surface area contributed by atoms with Crippen molar-refractivity contribution >= 4 is 5.91 Å². The van der Waals surface area contributed by atoms with Crippen molar-refractivity contribution in [3.8, 4) is 17.2 Å². The largest absolute Gasteiger partial charge is 0.508 e. The van der Waals surface area contributed by atoms with Gasteiger partial charge in [0.25, 0.3) is 5.91 Å². The van der Waals surface area contributed by atoms with Crippen molar-refractivity contribution in [1.82, 2.24) is 5.32 Å². The lowest BCUT2D eigenvalue weighted by atomic mass is 9.47. The van der Waals surface area contributed by atoms with Crippen molar-refractivity contribution in [3.63, 3.8) is 0 Å². The molecule has 0 unspecified atom stereocenters. The number of phenolic OH excluding ortho intramolecular Hbond substituents is 2. The fourth-order valence-corrected chi connectivity index (χ4v) is 7.01. The van der Waals surface area contributed by atoms with Gasteiger partial charge in [-0.15, -0.1) is 0 Å². The third-order valence-electron chi connectivity index (χ3n) is 7.96. The van der Waals surface area contributed by atoms with Gasteiger partial charge in [0, 0.05) is 18.2 Å². The lowest BCUT2D eigenvalue weighted by molar-refractivity contribution is -0.00606. The highest BCUT2D eigenvalue weighted by Gasteiger charge is 2.52. The SMILES string of the molecule is COc1cc(CO)c(C23CC4CC(CC(C4)C2)C3)cc1C(=O)NCc1ccc(O)cc1O. The molecule has 4 bridgehead atoms. The molecule has 0 saturated heterocycles. The predicted octanol–water partition coefficient (Wildman–Crippen LogP) is 4.00. The number of methoxy groups -OCH3 is 1. The minimum Gasteiger partial charge on any atom is -0.508 e. The second-order valence-electron chi connectivity index (χ2n) is 10.1. The van der Waals surface area contributed by atoms with Crippen LogP contribution in [0.2, 0.25) is 0 Å². The standard InChI is InChI=1S/C26H31NO5/c1-32-24-7-19(14-28)22(26-10-15-4-16(11-26)6-17(5-15)12-26)9-21(24)25(31)27-13-18-2-3-20(29)8-23(18)30/h2-3,7-9,15-17,28-30H,4-6,10-14H2,1H3,(H,27,31). The van der Waals surface area contributed by atoms with E-state index in [1.807, 2.05) is 12.1 Å². The fourth-order valence-electron chi connectivity index (χ4n) is 7.01. The molecule has 0 spiro atoms. The van der Waals surface area contributed by atoms with Gasteiger partial charge >= 0.3 is 0 Å². The average Bonchev–Trinajstić information content (AvgIpc) is 2.76. The van der Waals surface area contributed by atoms with Gasteiger partial charge in [-0.3, -0.25) is 4.79 Å². The molecule has 0 atom stereocenters. The summed E-state index contributed by atoms with van der Waals surface area (Å²) in [5.74, 6) is 2.32. The van der Waals surface area contributed by atoms with Crippen LogP contribution < -0.4 is 10.1 Å². The maximum Gasteiger partial charge on any atom is 0.255 e.